The van der Waals surface area contributed by atoms with Gasteiger partial charge in [-0.05, 0) is 12.1 Å². The van der Waals surface area contributed by atoms with Gasteiger partial charge in [0.2, 0.25) is 10.0 Å². The van der Waals surface area contributed by atoms with Crippen LogP contribution in [-0.2, 0) is 10.0 Å². The van der Waals surface area contributed by atoms with Crippen molar-refractivity contribution in [2.24, 2.45) is 5.14 Å². The second-order valence-electron chi connectivity index (χ2n) is 2.74. The van der Waals surface area contributed by atoms with Crippen molar-refractivity contribution < 1.29 is 13.2 Å². The first kappa shape index (κ1) is 11.4. The maximum Gasteiger partial charge on any atom is 0.216 e. The van der Waals surface area contributed by atoms with Crippen molar-refractivity contribution in [2.75, 3.05) is 5.75 Å². The monoisotopic (exact) mass is 277 g/mol. The minimum Gasteiger partial charge on any atom is -0.293 e. The van der Waals surface area contributed by atoms with Crippen molar-refractivity contribution in [3.8, 4) is 0 Å². The van der Waals surface area contributed by atoms with Gasteiger partial charge in [-0.1, -0.05) is 28.1 Å². The van der Waals surface area contributed by atoms with Gasteiger partial charge < -0.3 is 0 Å². The normalized spacial score (nSPS) is 11.3. The van der Waals surface area contributed by atoms with Crippen LogP contribution >= 0.6 is 15.9 Å². The Balaban J connectivity index is 2.91. The van der Waals surface area contributed by atoms with Crippen molar-refractivity contribution >= 4 is 31.7 Å². The van der Waals surface area contributed by atoms with E-state index in [0.29, 0.717) is 5.56 Å². The summed E-state index contributed by atoms with van der Waals surface area (Å²) in [6.07, 6.45) is 0. The van der Waals surface area contributed by atoms with Crippen molar-refractivity contribution in [1.29, 1.82) is 0 Å². The van der Waals surface area contributed by atoms with E-state index >= 15 is 0 Å². The summed E-state index contributed by atoms with van der Waals surface area (Å²) in [4.78, 5) is 11.3. The zero-order chi connectivity index (χ0) is 10.8. The van der Waals surface area contributed by atoms with Crippen molar-refractivity contribution in [3.05, 3.63) is 34.3 Å². The number of carbonyl (C=O) groups excluding carboxylic acids is 1. The maximum atomic E-state index is 11.3. The molecule has 4 nitrogen and oxygen atoms in total. The second-order valence-corrected chi connectivity index (χ2v) is 5.27. The molecular formula is C8H8BrNO3S. The Hall–Kier alpha value is -0.720. The molecule has 6 heteroatoms. The molecule has 0 atom stereocenters. The molecule has 0 heterocycles. The highest BCUT2D eigenvalue weighted by Gasteiger charge is 2.13. The lowest BCUT2D eigenvalue weighted by molar-refractivity contribution is 0.102. The van der Waals surface area contributed by atoms with Crippen LogP contribution in [0.1, 0.15) is 10.4 Å². The summed E-state index contributed by atoms with van der Waals surface area (Å²) < 4.78 is 22.0. The number of benzene rings is 1. The van der Waals surface area contributed by atoms with E-state index in [1.165, 1.54) is 6.07 Å². The minimum absolute atomic E-state index is 0.327. The summed E-state index contributed by atoms with van der Waals surface area (Å²) in [5, 5.41) is 4.75. The third-order valence-electron chi connectivity index (χ3n) is 1.48. The summed E-state index contributed by atoms with van der Waals surface area (Å²) >= 11 is 3.18. The fourth-order valence-electron chi connectivity index (χ4n) is 0.928. The van der Waals surface area contributed by atoms with Crippen LogP contribution in [0.3, 0.4) is 0 Å². The van der Waals surface area contributed by atoms with Gasteiger partial charge in [-0.15, -0.1) is 0 Å². The predicted octanol–water partition coefficient (Wildman–Crippen LogP) is 0.920. The lowest BCUT2D eigenvalue weighted by atomic mass is 10.2. The molecule has 0 fully saturated rings. The lowest BCUT2D eigenvalue weighted by Crippen LogP contribution is -2.23. The Morgan fingerprint density at radius 3 is 2.57 bits per heavy atom. The number of nitrogens with two attached hydrogens (primary N) is 1. The molecule has 0 spiro atoms. The van der Waals surface area contributed by atoms with Gasteiger partial charge in [0.05, 0.1) is 0 Å². The van der Waals surface area contributed by atoms with Gasteiger partial charge in [-0.2, -0.15) is 0 Å². The topological polar surface area (TPSA) is 77.2 Å². The lowest BCUT2D eigenvalue weighted by Gasteiger charge is -1.99. The van der Waals surface area contributed by atoms with Crippen LogP contribution in [0.25, 0.3) is 0 Å². The maximum absolute atomic E-state index is 11.3. The van der Waals surface area contributed by atoms with Crippen molar-refractivity contribution in [1.82, 2.24) is 0 Å². The van der Waals surface area contributed by atoms with Gasteiger partial charge in [0.25, 0.3) is 0 Å². The smallest absolute Gasteiger partial charge is 0.216 e. The van der Waals surface area contributed by atoms with E-state index in [4.69, 9.17) is 5.14 Å². The zero-order valence-corrected chi connectivity index (χ0v) is 9.51. The van der Waals surface area contributed by atoms with Crippen LogP contribution in [0.5, 0.6) is 0 Å². The Morgan fingerprint density at radius 2 is 2.07 bits per heavy atom. The fourth-order valence-corrected chi connectivity index (χ4v) is 1.86. The number of ketones is 1. The molecule has 14 heavy (non-hydrogen) atoms. The fraction of sp³-hybridized carbons (Fsp3) is 0.125. The number of sulfonamides is 1. The van der Waals surface area contributed by atoms with Crippen LogP contribution in [0.2, 0.25) is 0 Å². The molecule has 0 aliphatic rings. The highest BCUT2D eigenvalue weighted by molar-refractivity contribution is 9.10. The van der Waals surface area contributed by atoms with E-state index in [1.807, 2.05) is 0 Å². The zero-order valence-electron chi connectivity index (χ0n) is 7.10. The third-order valence-corrected chi connectivity index (χ3v) is 2.64. The summed E-state index contributed by atoms with van der Waals surface area (Å²) in [6, 6.07) is 6.49. The molecule has 0 saturated carbocycles. The number of primary sulfonamides is 1. The molecule has 0 radical (unpaired) electrons. The quantitative estimate of drug-likeness (QED) is 0.835. The van der Waals surface area contributed by atoms with Gasteiger partial charge in [0.1, 0.15) is 5.75 Å². The van der Waals surface area contributed by atoms with Crippen molar-refractivity contribution in [3.63, 3.8) is 0 Å². The van der Waals surface area contributed by atoms with Gasteiger partial charge in [0, 0.05) is 10.0 Å². The van der Waals surface area contributed by atoms with Crippen LogP contribution < -0.4 is 5.14 Å². The Morgan fingerprint density at radius 1 is 1.43 bits per heavy atom. The van der Waals surface area contributed by atoms with Crippen LogP contribution in [0.15, 0.2) is 28.7 Å². The molecule has 1 rings (SSSR count). The van der Waals surface area contributed by atoms with E-state index in [1.54, 1.807) is 18.2 Å². The Labute approximate surface area is 90.3 Å². The number of hydrogen-bond donors (Lipinski definition) is 1. The third kappa shape index (κ3) is 3.57. The van der Waals surface area contributed by atoms with Crippen molar-refractivity contribution in [2.45, 2.75) is 0 Å². The number of Topliss-reactive ketones (excluding diaryl/α,β-unsaturated/α-hetero) is 1. The summed E-state index contributed by atoms with van der Waals surface area (Å²) in [5.41, 5.74) is 0.327. The highest BCUT2D eigenvalue weighted by atomic mass is 79.9. The Kier molecular flexibility index (Phi) is 3.41. The largest absolute Gasteiger partial charge is 0.293 e. The van der Waals surface area contributed by atoms with Crippen LogP contribution in [0, 0.1) is 0 Å². The van der Waals surface area contributed by atoms with Gasteiger partial charge in [0.15, 0.2) is 5.78 Å². The first-order valence-corrected chi connectivity index (χ1v) is 6.18. The molecule has 0 saturated heterocycles. The highest BCUT2D eigenvalue weighted by Crippen LogP contribution is 2.12. The standard InChI is InChI=1S/C8H8BrNO3S/c9-7-3-1-2-6(4-7)8(11)5-14(10,12)13/h1-4H,5H2,(H2,10,12,13). The molecule has 0 aliphatic carbocycles. The van der Waals surface area contributed by atoms with E-state index in [9.17, 15) is 13.2 Å². The molecule has 1 aromatic carbocycles. The number of hydrogen-bond acceptors (Lipinski definition) is 3. The number of halogens is 1. The number of rotatable bonds is 3. The molecule has 0 aliphatic heterocycles. The molecule has 1 aromatic rings. The van der Waals surface area contributed by atoms with Crippen LogP contribution in [-0.4, -0.2) is 20.0 Å². The van der Waals surface area contributed by atoms with E-state index in [0.717, 1.165) is 4.47 Å². The minimum atomic E-state index is -3.75. The molecular weight excluding hydrogens is 270 g/mol. The first-order chi connectivity index (χ1) is 6.38. The van der Waals surface area contributed by atoms with Gasteiger partial charge in [-0.25, -0.2) is 13.6 Å². The van der Waals surface area contributed by atoms with E-state index in [2.05, 4.69) is 15.9 Å². The van der Waals surface area contributed by atoms with E-state index in [-0.39, 0.29) is 0 Å². The Bertz CT molecular complexity index is 455. The average molecular weight is 278 g/mol. The molecule has 2 N–H and O–H groups in total. The number of carbonyl (C=O) groups is 1. The second kappa shape index (κ2) is 4.20. The van der Waals surface area contributed by atoms with Crippen LogP contribution in [0.4, 0.5) is 0 Å². The van der Waals surface area contributed by atoms with Gasteiger partial charge >= 0.3 is 0 Å². The SMILES string of the molecule is NS(=O)(=O)CC(=O)c1cccc(Br)c1. The molecule has 76 valence electrons. The van der Waals surface area contributed by atoms with E-state index < -0.39 is 21.6 Å². The van der Waals surface area contributed by atoms with Gasteiger partial charge in [-0.3, -0.25) is 4.79 Å². The molecule has 0 bridgehead atoms. The summed E-state index contributed by atoms with van der Waals surface area (Å²) in [5.74, 6) is -1.17. The predicted molar refractivity (Wildman–Crippen MR) is 56.4 cm³/mol. The molecule has 0 amide bonds. The first-order valence-electron chi connectivity index (χ1n) is 3.68. The summed E-state index contributed by atoms with van der Waals surface area (Å²) in [6.45, 7) is 0. The average Bonchev–Trinajstić information content (AvgIpc) is 2.01. The molecule has 0 aromatic heterocycles. The molecule has 0 unspecified atom stereocenters. The summed E-state index contributed by atoms with van der Waals surface area (Å²) in [7, 11) is -3.75.